The number of aliphatic carboxylic acids is 1. The maximum Gasteiger partial charge on any atom is 0.303 e. The smallest absolute Gasteiger partial charge is 0.303 e. The van der Waals surface area contributed by atoms with E-state index in [0.29, 0.717) is 12.5 Å². The minimum atomic E-state index is -0.916. The van der Waals surface area contributed by atoms with E-state index >= 15 is 0 Å². The van der Waals surface area contributed by atoms with Crippen LogP contribution in [0.4, 0.5) is 0 Å². The van der Waals surface area contributed by atoms with Crippen LogP contribution >= 0.6 is 0 Å². The Hall–Kier alpha value is -1.10. The van der Waals surface area contributed by atoms with Crippen LogP contribution in [0.3, 0.4) is 0 Å². The molecule has 0 spiro atoms. The van der Waals surface area contributed by atoms with E-state index in [1.807, 2.05) is 0 Å². The van der Waals surface area contributed by atoms with E-state index in [4.69, 9.17) is 5.11 Å². The summed E-state index contributed by atoms with van der Waals surface area (Å²) in [6, 6.07) is 0.808. The molecule has 1 aliphatic heterocycles. The number of nitrogens with zero attached hydrogens (tertiary/aromatic N) is 1. The summed E-state index contributed by atoms with van der Waals surface area (Å²) in [5, 5.41) is 11.3. The largest absolute Gasteiger partial charge is 0.481 e. The van der Waals surface area contributed by atoms with Crippen LogP contribution in [0.2, 0.25) is 0 Å². The molecule has 2 fully saturated rings. The van der Waals surface area contributed by atoms with Gasteiger partial charge in [0.1, 0.15) is 0 Å². The Kier molecular flexibility index (Phi) is 3.99. The molecule has 1 saturated carbocycles. The molecule has 17 heavy (non-hydrogen) atoms. The quantitative estimate of drug-likeness (QED) is 0.707. The van der Waals surface area contributed by atoms with Gasteiger partial charge in [0.25, 0.3) is 0 Å². The van der Waals surface area contributed by atoms with Gasteiger partial charge in [0, 0.05) is 25.6 Å². The van der Waals surface area contributed by atoms with E-state index in [0.717, 1.165) is 25.6 Å². The predicted molar refractivity (Wildman–Crippen MR) is 62.6 cm³/mol. The van der Waals surface area contributed by atoms with Gasteiger partial charge >= 0.3 is 5.97 Å². The van der Waals surface area contributed by atoms with Gasteiger partial charge in [0.2, 0.25) is 5.91 Å². The summed E-state index contributed by atoms with van der Waals surface area (Å²) >= 11 is 0. The van der Waals surface area contributed by atoms with E-state index in [2.05, 4.69) is 10.2 Å². The third-order valence-electron chi connectivity index (χ3n) is 3.53. The highest BCUT2D eigenvalue weighted by Gasteiger charge is 2.34. The van der Waals surface area contributed by atoms with Crippen molar-refractivity contribution in [1.29, 1.82) is 0 Å². The molecule has 2 rings (SSSR count). The molecule has 0 radical (unpaired) electrons. The third-order valence-corrected chi connectivity index (χ3v) is 3.53. The number of carbonyl (C=O) groups is 2. The monoisotopic (exact) mass is 240 g/mol. The van der Waals surface area contributed by atoms with Crippen molar-refractivity contribution in [3.63, 3.8) is 0 Å². The number of carboxylic acid groups (broad SMARTS) is 1. The second kappa shape index (κ2) is 5.49. The van der Waals surface area contributed by atoms with Gasteiger partial charge in [-0.05, 0) is 31.7 Å². The van der Waals surface area contributed by atoms with Crippen LogP contribution in [0.15, 0.2) is 0 Å². The molecule has 5 nitrogen and oxygen atoms in total. The normalized spacial score (nSPS) is 24.8. The predicted octanol–water partition coefficient (Wildman–Crippen LogP) is 0.452. The molecule has 5 heteroatoms. The topological polar surface area (TPSA) is 69.6 Å². The lowest BCUT2D eigenvalue weighted by molar-refractivity contribution is -0.138. The van der Waals surface area contributed by atoms with Crippen molar-refractivity contribution >= 4 is 11.9 Å². The SMILES string of the molecule is O=C(O)CCC(=O)NCC1CCN(C2CC2)C1. The number of hydrogen-bond donors (Lipinski definition) is 2. The first-order valence-electron chi connectivity index (χ1n) is 6.37. The lowest BCUT2D eigenvalue weighted by Gasteiger charge is -2.15. The van der Waals surface area contributed by atoms with Crippen molar-refractivity contribution in [1.82, 2.24) is 10.2 Å². The van der Waals surface area contributed by atoms with Crippen molar-refractivity contribution in [2.75, 3.05) is 19.6 Å². The Bertz CT molecular complexity index is 302. The van der Waals surface area contributed by atoms with Crippen molar-refractivity contribution in [2.45, 2.75) is 38.1 Å². The van der Waals surface area contributed by atoms with E-state index < -0.39 is 5.97 Å². The van der Waals surface area contributed by atoms with Gasteiger partial charge in [-0.2, -0.15) is 0 Å². The van der Waals surface area contributed by atoms with Crippen molar-refractivity contribution in [2.24, 2.45) is 5.92 Å². The molecular weight excluding hydrogens is 220 g/mol. The lowest BCUT2D eigenvalue weighted by Crippen LogP contribution is -2.31. The van der Waals surface area contributed by atoms with Gasteiger partial charge in [0.05, 0.1) is 6.42 Å². The summed E-state index contributed by atoms with van der Waals surface area (Å²) in [6.07, 6.45) is 3.82. The summed E-state index contributed by atoms with van der Waals surface area (Å²) in [5.41, 5.74) is 0. The molecule has 1 heterocycles. The fraction of sp³-hybridized carbons (Fsp3) is 0.833. The lowest BCUT2D eigenvalue weighted by atomic mass is 10.1. The molecular formula is C12H20N2O3. The van der Waals surface area contributed by atoms with Crippen LogP contribution in [0.1, 0.15) is 32.1 Å². The highest BCUT2D eigenvalue weighted by Crippen LogP contribution is 2.31. The Morgan fingerprint density at radius 1 is 1.24 bits per heavy atom. The number of amides is 1. The molecule has 1 atom stereocenters. The fourth-order valence-corrected chi connectivity index (χ4v) is 2.37. The molecule has 2 aliphatic rings. The van der Waals surface area contributed by atoms with Crippen molar-refractivity contribution < 1.29 is 14.7 Å². The number of hydrogen-bond acceptors (Lipinski definition) is 3. The highest BCUT2D eigenvalue weighted by molar-refractivity contribution is 5.80. The number of carbonyl (C=O) groups excluding carboxylic acids is 1. The van der Waals surface area contributed by atoms with Gasteiger partial charge in [-0.15, -0.1) is 0 Å². The highest BCUT2D eigenvalue weighted by atomic mass is 16.4. The number of likely N-dealkylation sites (tertiary alicyclic amines) is 1. The second-order valence-corrected chi connectivity index (χ2v) is 5.08. The summed E-state index contributed by atoms with van der Waals surface area (Å²) in [5.74, 6) is -0.512. The van der Waals surface area contributed by atoms with Crippen LogP contribution in [0, 0.1) is 5.92 Å². The first-order valence-corrected chi connectivity index (χ1v) is 6.37. The minimum Gasteiger partial charge on any atom is -0.481 e. The number of nitrogens with one attached hydrogen (secondary N) is 1. The average molecular weight is 240 g/mol. The summed E-state index contributed by atoms with van der Waals surface area (Å²) in [4.78, 5) is 24.2. The molecule has 0 aromatic rings. The maximum absolute atomic E-state index is 11.3. The van der Waals surface area contributed by atoms with Gasteiger partial charge in [-0.3, -0.25) is 9.59 Å². The van der Waals surface area contributed by atoms with Gasteiger partial charge < -0.3 is 15.3 Å². The van der Waals surface area contributed by atoms with Crippen molar-refractivity contribution in [3.8, 4) is 0 Å². The van der Waals surface area contributed by atoms with E-state index in [1.165, 1.54) is 12.8 Å². The van der Waals surface area contributed by atoms with Crippen LogP contribution in [-0.4, -0.2) is 47.6 Å². The van der Waals surface area contributed by atoms with Gasteiger partial charge in [-0.25, -0.2) is 0 Å². The Morgan fingerprint density at radius 3 is 2.65 bits per heavy atom. The van der Waals surface area contributed by atoms with Crippen LogP contribution in [-0.2, 0) is 9.59 Å². The van der Waals surface area contributed by atoms with Crippen LogP contribution in [0.5, 0.6) is 0 Å². The van der Waals surface area contributed by atoms with E-state index in [9.17, 15) is 9.59 Å². The third kappa shape index (κ3) is 4.00. The first-order chi connectivity index (χ1) is 8.15. The summed E-state index contributed by atoms with van der Waals surface area (Å²) in [7, 11) is 0. The average Bonchev–Trinajstić information content (AvgIpc) is 3.04. The molecule has 96 valence electrons. The summed E-state index contributed by atoms with van der Waals surface area (Å²) in [6.45, 7) is 2.94. The standard InChI is InChI=1S/C12H20N2O3/c15-11(3-4-12(16)17)13-7-9-5-6-14(8-9)10-1-2-10/h9-10H,1-8H2,(H,13,15)(H,16,17). The molecule has 1 unspecified atom stereocenters. The van der Waals surface area contributed by atoms with Gasteiger partial charge in [0.15, 0.2) is 0 Å². The van der Waals surface area contributed by atoms with Crippen molar-refractivity contribution in [3.05, 3.63) is 0 Å². The second-order valence-electron chi connectivity index (χ2n) is 5.08. The zero-order valence-electron chi connectivity index (χ0n) is 10.0. The molecule has 0 aromatic carbocycles. The Morgan fingerprint density at radius 2 is 2.00 bits per heavy atom. The molecule has 1 amide bonds. The Balaban J connectivity index is 1.58. The molecule has 2 N–H and O–H groups in total. The fourth-order valence-electron chi connectivity index (χ4n) is 2.37. The molecule has 0 bridgehead atoms. The maximum atomic E-state index is 11.3. The first kappa shape index (κ1) is 12.4. The van der Waals surface area contributed by atoms with E-state index in [-0.39, 0.29) is 18.7 Å². The Labute approximate surface area is 101 Å². The minimum absolute atomic E-state index is 0.0787. The molecule has 0 aromatic heterocycles. The summed E-state index contributed by atoms with van der Waals surface area (Å²) < 4.78 is 0. The van der Waals surface area contributed by atoms with Crippen LogP contribution in [0.25, 0.3) is 0 Å². The van der Waals surface area contributed by atoms with Gasteiger partial charge in [-0.1, -0.05) is 0 Å². The molecule has 1 aliphatic carbocycles. The van der Waals surface area contributed by atoms with Crippen LogP contribution < -0.4 is 5.32 Å². The zero-order chi connectivity index (χ0) is 12.3. The van der Waals surface area contributed by atoms with E-state index in [1.54, 1.807) is 0 Å². The number of carboxylic acids is 1. The number of rotatable bonds is 6. The zero-order valence-corrected chi connectivity index (χ0v) is 10.0. The molecule has 1 saturated heterocycles.